The molecule has 2 N–H and O–H groups in total. The van der Waals surface area contributed by atoms with Crippen molar-refractivity contribution in [3.05, 3.63) is 29.1 Å². The molecule has 0 amide bonds. The highest BCUT2D eigenvalue weighted by Gasteiger charge is 2.00. The smallest absolute Gasteiger partial charge is 0.146 e. The molecule has 0 aliphatic heterocycles. The molecule has 0 saturated carbocycles. The van der Waals surface area contributed by atoms with E-state index >= 15 is 0 Å². The van der Waals surface area contributed by atoms with E-state index in [0.717, 1.165) is 11.1 Å². The molecule has 0 atom stereocenters. The molecule has 12 heavy (non-hydrogen) atoms. The monoisotopic (exact) mass is 169 g/mol. The molecule has 0 saturated heterocycles. The van der Waals surface area contributed by atoms with Crippen molar-refractivity contribution in [2.24, 2.45) is 0 Å². The minimum Gasteiger partial charge on any atom is -0.396 e. The van der Waals surface area contributed by atoms with Gasteiger partial charge in [0, 0.05) is 0 Å². The van der Waals surface area contributed by atoms with Crippen LogP contribution in [0.5, 0.6) is 0 Å². The van der Waals surface area contributed by atoms with Gasteiger partial charge in [0.05, 0.1) is 5.69 Å². The van der Waals surface area contributed by atoms with Gasteiger partial charge in [-0.2, -0.15) is 0 Å². The molecule has 0 unspecified atom stereocenters. The van der Waals surface area contributed by atoms with Crippen LogP contribution in [0.2, 0.25) is 0 Å². The zero-order valence-electron chi connectivity index (χ0n) is 8.11. The quantitative estimate of drug-likeness (QED) is 0.593. The van der Waals surface area contributed by atoms with Crippen LogP contribution in [-0.2, 0) is 0 Å². The van der Waals surface area contributed by atoms with Gasteiger partial charge in [-0.15, -0.1) is 0 Å². The molecule has 0 spiro atoms. The highest BCUT2D eigenvalue weighted by Crippen LogP contribution is 2.16. The van der Waals surface area contributed by atoms with Crippen LogP contribution in [0.3, 0.4) is 0 Å². The molecule has 0 heterocycles. The lowest BCUT2D eigenvalue weighted by molar-refractivity contribution is 0.630. The first-order valence-corrected chi connectivity index (χ1v) is 4.13. The summed E-state index contributed by atoms with van der Waals surface area (Å²) in [6.07, 6.45) is 0. The van der Waals surface area contributed by atoms with E-state index in [1.807, 2.05) is 26.8 Å². The summed E-state index contributed by atoms with van der Waals surface area (Å²) in [7, 11) is 0. The van der Waals surface area contributed by atoms with Gasteiger partial charge in [-0.1, -0.05) is 19.9 Å². The summed E-state index contributed by atoms with van der Waals surface area (Å²) in [5, 5.41) is 0. The molecule has 0 fully saturated rings. The first-order chi connectivity index (χ1) is 5.61. The van der Waals surface area contributed by atoms with Gasteiger partial charge in [0.25, 0.3) is 0 Å². The number of rotatable bonds is 0. The van der Waals surface area contributed by atoms with Crippen molar-refractivity contribution >= 4 is 5.69 Å². The van der Waals surface area contributed by atoms with Crippen molar-refractivity contribution in [2.45, 2.75) is 27.7 Å². The highest BCUT2D eigenvalue weighted by atomic mass is 19.1. The third kappa shape index (κ3) is 2.53. The molecular weight excluding hydrogens is 153 g/mol. The number of aryl methyl sites for hydroxylation is 2. The Bertz CT molecular complexity index is 233. The fourth-order valence-electron chi connectivity index (χ4n) is 0.927. The minimum absolute atomic E-state index is 0.255. The third-order valence-corrected chi connectivity index (χ3v) is 1.48. The largest absolute Gasteiger partial charge is 0.396 e. The molecule has 1 aromatic carbocycles. The molecule has 0 aliphatic rings. The Morgan fingerprint density at radius 2 is 1.67 bits per heavy atom. The van der Waals surface area contributed by atoms with Gasteiger partial charge >= 0.3 is 0 Å². The van der Waals surface area contributed by atoms with Crippen LogP contribution >= 0.6 is 0 Å². The van der Waals surface area contributed by atoms with Crippen LogP contribution in [0.1, 0.15) is 25.0 Å². The van der Waals surface area contributed by atoms with Crippen LogP contribution < -0.4 is 5.73 Å². The Kier molecular flexibility index (Phi) is 4.34. The molecule has 1 rings (SSSR count). The van der Waals surface area contributed by atoms with Gasteiger partial charge in [0.15, 0.2) is 0 Å². The van der Waals surface area contributed by atoms with Crippen LogP contribution in [0.4, 0.5) is 10.1 Å². The molecule has 1 nitrogen and oxygen atoms in total. The third-order valence-electron chi connectivity index (χ3n) is 1.48. The number of hydrogen-bond acceptors (Lipinski definition) is 1. The minimum atomic E-state index is -0.322. The van der Waals surface area contributed by atoms with Crippen molar-refractivity contribution in [2.75, 3.05) is 5.73 Å². The topological polar surface area (TPSA) is 26.0 Å². The number of nitrogen functional groups attached to an aromatic ring is 1. The lowest BCUT2D eigenvalue weighted by atomic mass is 10.1. The standard InChI is InChI=1S/C8H10FN.C2H6/c1-5-3-6(2)8(10)7(9)4-5;1-2/h3-4H,10H2,1-2H3;1-2H3. The van der Waals surface area contributed by atoms with Crippen molar-refractivity contribution in [1.29, 1.82) is 0 Å². The Morgan fingerprint density at radius 1 is 1.17 bits per heavy atom. The van der Waals surface area contributed by atoms with E-state index in [1.165, 1.54) is 6.07 Å². The maximum Gasteiger partial charge on any atom is 0.146 e. The van der Waals surface area contributed by atoms with E-state index < -0.39 is 0 Å². The lowest BCUT2D eigenvalue weighted by Gasteiger charge is -2.01. The summed E-state index contributed by atoms with van der Waals surface area (Å²) in [6.45, 7) is 7.64. The molecule has 1 aromatic rings. The first kappa shape index (κ1) is 11.0. The molecule has 0 aromatic heterocycles. The van der Waals surface area contributed by atoms with Gasteiger partial charge in [0.1, 0.15) is 5.82 Å². The van der Waals surface area contributed by atoms with Crippen LogP contribution in [0, 0.1) is 19.7 Å². The molecule has 0 bridgehead atoms. The fraction of sp³-hybridized carbons (Fsp3) is 0.400. The van der Waals surface area contributed by atoms with Gasteiger partial charge in [-0.05, 0) is 31.0 Å². The van der Waals surface area contributed by atoms with Crippen LogP contribution in [0.25, 0.3) is 0 Å². The fourth-order valence-corrected chi connectivity index (χ4v) is 0.927. The second kappa shape index (κ2) is 4.75. The van der Waals surface area contributed by atoms with Crippen molar-refractivity contribution < 1.29 is 4.39 Å². The molecule has 68 valence electrons. The predicted octanol–water partition coefficient (Wildman–Crippen LogP) is 3.05. The van der Waals surface area contributed by atoms with Crippen LogP contribution in [-0.4, -0.2) is 0 Å². The summed E-state index contributed by atoms with van der Waals surface area (Å²) in [6, 6.07) is 3.29. The number of hydrogen-bond donors (Lipinski definition) is 1. The Hall–Kier alpha value is -1.05. The summed E-state index contributed by atoms with van der Waals surface area (Å²) >= 11 is 0. The van der Waals surface area contributed by atoms with Gasteiger partial charge < -0.3 is 5.73 Å². The van der Waals surface area contributed by atoms with Crippen molar-refractivity contribution in [3.63, 3.8) is 0 Å². The summed E-state index contributed by atoms with van der Waals surface area (Å²) in [4.78, 5) is 0. The maximum absolute atomic E-state index is 12.7. The zero-order valence-corrected chi connectivity index (χ0v) is 8.11. The maximum atomic E-state index is 12.7. The molecule has 0 aliphatic carbocycles. The van der Waals surface area contributed by atoms with E-state index in [2.05, 4.69) is 0 Å². The van der Waals surface area contributed by atoms with Gasteiger partial charge in [0.2, 0.25) is 0 Å². The van der Waals surface area contributed by atoms with Crippen molar-refractivity contribution in [3.8, 4) is 0 Å². The summed E-state index contributed by atoms with van der Waals surface area (Å²) < 4.78 is 12.7. The normalized spacial score (nSPS) is 8.75. The van der Waals surface area contributed by atoms with Gasteiger partial charge in [-0.25, -0.2) is 4.39 Å². The number of anilines is 1. The Morgan fingerprint density at radius 3 is 2.08 bits per heavy atom. The molecular formula is C10H16FN. The Balaban J connectivity index is 0.000000561. The molecule has 0 radical (unpaired) electrons. The first-order valence-electron chi connectivity index (χ1n) is 4.13. The van der Waals surface area contributed by atoms with E-state index in [0.29, 0.717) is 0 Å². The average molecular weight is 169 g/mol. The van der Waals surface area contributed by atoms with E-state index in [1.54, 1.807) is 6.92 Å². The SMILES string of the molecule is CC.Cc1cc(C)c(N)c(F)c1. The Labute approximate surface area is 73.4 Å². The van der Waals surface area contributed by atoms with E-state index in [-0.39, 0.29) is 11.5 Å². The number of halogens is 1. The van der Waals surface area contributed by atoms with E-state index in [4.69, 9.17) is 5.73 Å². The second-order valence-electron chi connectivity index (χ2n) is 2.48. The highest BCUT2D eigenvalue weighted by molar-refractivity contribution is 5.48. The van der Waals surface area contributed by atoms with Crippen molar-refractivity contribution in [1.82, 2.24) is 0 Å². The van der Waals surface area contributed by atoms with E-state index in [9.17, 15) is 4.39 Å². The van der Waals surface area contributed by atoms with Crippen LogP contribution in [0.15, 0.2) is 12.1 Å². The lowest BCUT2D eigenvalue weighted by Crippen LogP contribution is -1.94. The summed E-state index contributed by atoms with van der Waals surface area (Å²) in [5.74, 6) is -0.322. The predicted molar refractivity (Wildman–Crippen MR) is 51.6 cm³/mol. The molecule has 2 heteroatoms. The summed E-state index contributed by atoms with van der Waals surface area (Å²) in [5.41, 5.74) is 7.34. The number of nitrogens with two attached hydrogens (primary N) is 1. The second-order valence-corrected chi connectivity index (χ2v) is 2.48. The van der Waals surface area contributed by atoms with Gasteiger partial charge in [-0.3, -0.25) is 0 Å². The number of benzene rings is 1. The average Bonchev–Trinajstić information content (AvgIpc) is 2.04. The zero-order chi connectivity index (χ0) is 9.72.